The summed E-state index contributed by atoms with van der Waals surface area (Å²) < 4.78 is 2.39. The van der Waals surface area contributed by atoms with Crippen molar-refractivity contribution in [2.75, 3.05) is 4.90 Å². The molecule has 1 heterocycles. The van der Waals surface area contributed by atoms with Gasteiger partial charge in [0.15, 0.2) is 0 Å². The molecule has 2 nitrogen and oxygen atoms in total. The number of anilines is 3. The summed E-state index contributed by atoms with van der Waals surface area (Å²) in [5, 5.41) is 4.93. The molecule has 12 rings (SSSR count). The fraction of sp³-hybridized carbons (Fsp3) is 0.0492. The van der Waals surface area contributed by atoms with Gasteiger partial charge in [0, 0.05) is 38.6 Å². The van der Waals surface area contributed by atoms with E-state index in [0.717, 1.165) is 22.7 Å². The first-order chi connectivity index (χ1) is 31.0. The molecule has 0 atom stereocenters. The van der Waals surface area contributed by atoms with Crippen LogP contribution in [0.3, 0.4) is 0 Å². The van der Waals surface area contributed by atoms with E-state index in [1.54, 1.807) is 0 Å². The Morgan fingerprint density at radius 2 is 0.905 bits per heavy atom. The van der Waals surface area contributed by atoms with Gasteiger partial charge in [0.25, 0.3) is 0 Å². The van der Waals surface area contributed by atoms with E-state index >= 15 is 0 Å². The molecule has 1 aliphatic carbocycles. The van der Waals surface area contributed by atoms with Gasteiger partial charge in [0.2, 0.25) is 0 Å². The summed E-state index contributed by atoms with van der Waals surface area (Å²) in [7, 11) is 0. The van der Waals surface area contributed by atoms with Gasteiger partial charge in [-0.05, 0) is 122 Å². The van der Waals surface area contributed by atoms with Crippen molar-refractivity contribution in [3.05, 3.63) is 242 Å². The standard InChI is InChI=1S/C61H44N2/c1-61(2)56-26-13-11-23-51(56)52-35-33-48(40-57(52)61)62(47-31-28-42(29-32-47)41-16-5-3-6-17-41)59-37-36-49(50-22-9-10-24-53(50)59)45-19-15-18-43(38-45)44-30-34-55-54-25-12-14-27-58(54)63(60(55)39-44)46-20-7-4-8-21-46/h3-40H,1-2H3. The minimum absolute atomic E-state index is 0.121. The average molecular weight is 805 g/mol. The quantitative estimate of drug-likeness (QED) is 0.156. The lowest BCUT2D eigenvalue weighted by atomic mass is 9.82. The highest BCUT2D eigenvalue weighted by Gasteiger charge is 2.36. The molecule has 0 saturated carbocycles. The Balaban J connectivity index is 0.993. The van der Waals surface area contributed by atoms with Crippen molar-refractivity contribution in [3.63, 3.8) is 0 Å². The number of para-hydroxylation sites is 2. The van der Waals surface area contributed by atoms with Crippen LogP contribution in [-0.4, -0.2) is 4.57 Å². The van der Waals surface area contributed by atoms with E-state index in [1.807, 2.05) is 0 Å². The van der Waals surface area contributed by atoms with E-state index in [1.165, 1.54) is 88.2 Å². The van der Waals surface area contributed by atoms with Gasteiger partial charge in [0.1, 0.15) is 0 Å². The molecule has 0 spiro atoms. The number of hydrogen-bond donors (Lipinski definition) is 0. The van der Waals surface area contributed by atoms with Crippen LogP contribution in [-0.2, 0) is 5.41 Å². The van der Waals surface area contributed by atoms with Crippen molar-refractivity contribution in [2.24, 2.45) is 0 Å². The van der Waals surface area contributed by atoms with Gasteiger partial charge in [-0.2, -0.15) is 0 Å². The third-order valence-corrected chi connectivity index (χ3v) is 13.4. The van der Waals surface area contributed by atoms with Gasteiger partial charge in [-0.3, -0.25) is 0 Å². The van der Waals surface area contributed by atoms with E-state index in [0.29, 0.717) is 0 Å². The lowest BCUT2D eigenvalue weighted by Gasteiger charge is -2.29. The predicted octanol–water partition coefficient (Wildman–Crippen LogP) is 16.7. The van der Waals surface area contributed by atoms with Crippen LogP contribution < -0.4 is 4.90 Å². The fourth-order valence-corrected chi connectivity index (χ4v) is 10.3. The van der Waals surface area contributed by atoms with Gasteiger partial charge in [-0.25, -0.2) is 0 Å². The summed E-state index contributed by atoms with van der Waals surface area (Å²) in [4.78, 5) is 2.46. The second-order valence-corrected chi connectivity index (χ2v) is 17.3. The van der Waals surface area contributed by atoms with Crippen molar-refractivity contribution < 1.29 is 0 Å². The minimum Gasteiger partial charge on any atom is -0.310 e. The summed E-state index contributed by atoms with van der Waals surface area (Å²) in [5.41, 5.74) is 19.4. The van der Waals surface area contributed by atoms with Crippen LogP contribution in [0.25, 0.3) is 82.8 Å². The SMILES string of the molecule is CC1(C)c2ccccc2-c2ccc(N(c3ccc(-c4ccccc4)cc3)c3ccc(-c4cccc(-c5ccc6c7ccccc7n(-c7ccccc7)c6c5)c4)c4ccccc34)cc21. The Morgan fingerprint density at radius 3 is 1.73 bits per heavy atom. The van der Waals surface area contributed by atoms with Crippen LogP contribution >= 0.6 is 0 Å². The molecule has 1 aromatic heterocycles. The molecule has 11 aromatic rings. The molecule has 0 radical (unpaired) electrons. The Labute approximate surface area is 368 Å². The second-order valence-electron chi connectivity index (χ2n) is 17.3. The van der Waals surface area contributed by atoms with Crippen molar-refractivity contribution in [3.8, 4) is 50.2 Å². The summed E-state index contributed by atoms with van der Waals surface area (Å²) in [6.45, 7) is 4.72. The smallest absolute Gasteiger partial charge is 0.0547 e. The van der Waals surface area contributed by atoms with E-state index in [2.05, 4.69) is 254 Å². The molecule has 63 heavy (non-hydrogen) atoms. The molecule has 0 unspecified atom stereocenters. The van der Waals surface area contributed by atoms with Crippen molar-refractivity contribution in [2.45, 2.75) is 19.3 Å². The highest BCUT2D eigenvalue weighted by Crippen LogP contribution is 2.51. The Hall–Kier alpha value is -7.94. The molecule has 0 aliphatic heterocycles. The highest BCUT2D eigenvalue weighted by atomic mass is 15.1. The number of fused-ring (bicyclic) bond motifs is 7. The number of benzene rings is 10. The molecule has 298 valence electrons. The maximum absolute atomic E-state index is 2.46. The van der Waals surface area contributed by atoms with Gasteiger partial charge in [0.05, 0.1) is 16.7 Å². The van der Waals surface area contributed by atoms with Crippen molar-refractivity contribution in [1.82, 2.24) is 4.57 Å². The number of aromatic nitrogens is 1. The number of hydrogen-bond acceptors (Lipinski definition) is 1. The molecule has 10 aromatic carbocycles. The molecule has 2 heteroatoms. The third-order valence-electron chi connectivity index (χ3n) is 13.4. The van der Waals surface area contributed by atoms with Gasteiger partial charge in [-0.1, -0.05) is 184 Å². The van der Waals surface area contributed by atoms with Crippen LogP contribution in [0, 0.1) is 0 Å². The molecule has 0 bridgehead atoms. The van der Waals surface area contributed by atoms with Crippen molar-refractivity contribution >= 4 is 49.6 Å². The molecular weight excluding hydrogens is 761 g/mol. The van der Waals surface area contributed by atoms with Crippen LogP contribution in [0.4, 0.5) is 17.1 Å². The van der Waals surface area contributed by atoms with E-state index in [9.17, 15) is 0 Å². The highest BCUT2D eigenvalue weighted by molar-refractivity contribution is 6.11. The second kappa shape index (κ2) is 14.6. The zero-order valence-corrected chi connectivity index (χ0v) is 35.3. The summed E-state index contributed by atoms with van der Waals surface area (Å²) in [6, 6.07) is 84.6. The average Bonchev–Trinajstić information content (AvgIpc) is 3.80. The first kappa shape index (κ1) is 36.9. The first-order valence-corrected chi connectivity index (χ1v) is 21.9. The Kier molecular flexibility index (Phi) is 8.55. The lowest BCUT2D eigenvalue weighted by Crippen LogP contribution is -2.16. The summed E-state index contributed by atoms with van der Waals surface area (Å²) in [5.74, 6) is 0. The molecule has 0 saturated heterocycles. The molecule has 0 N–H and O–H groups in total. The number of nitrogens with zero attached hydrogens (tertiary/aromatic N) is 2. The zero-order chi connectivity index (χ0) is 42.1. The topological polar surface area (TPSA) is 8.17 Å². The maximum atomic E-state index is 2.46. The predicted molar refractivity (Wildman–Crippen MR) is 267 cm³/mol. The molecule has 1 aliphatic rings. The Morgan fingerprint density at radius 1 is 0.333 bits per heavy atom. The first-order valence-electron chi connectivity index (χ1n) is 21.9. The van der Waals surface area contributed by atoms with Gasteiger partial charge in [-0.15, -0.1) is 0 Å². The fourth-order valence-electron chi connectivity index (χ4n) is 10.3. The van der Waals surface area contributed by atoms with Crippen molar-refractivity contribution in [1.29, 1.82) is 0 Å². The maximum Gasteiger partial charge on any atom is 0.0547 e. The van der Waals surface area contributed by atoms with Crippen LogP contribution in [0.2, 0.25) is 0 Å². The largest absolute Gasteiger partial charge is 0.310 e. The van der Waals surface area contributed by atoms with E-state index < -0.39 is 0 Å². The van der Waals surface area contributed by atoms with E-state index in [-0.39, 0.29) is 5.41 Å². The monoisotopic (exact) mass is 804 g/mol. The Bertz CT molecular complexity index is 3520. The molecular formula is C61H44N2. The lowest BCUT2D eigenvalue weighted by molar-refractivity contribution is 0.660. The van der Waals surface area contributed by atoms with Crippen LogP contribution in [0.5, 0.6) is 0 Å². The molecule has 0 fully saturated rings. The molecule has 0 amide bonds. The summed E-state index contributed by atoms with van der Waals surface area (Å²) >= 11 is 0. The summed E-state index contributed by atoms with van der Waals surface area (Å²) in [6.07, 6.45) is 0. The normalized spacial score (nSPS) is 12.7. The van der Waals surface area contributed by atoms with Gasteiger partial charge >= 0.3 is 0 Å². The van der Waals surface area contributed by atoms with E-state index in [4.69, 9.17) is 0 Å². The van der Waals surface area contributed by atoms with Gasteiger partial charge < -0.3 is 9.47 Å². The van der Waals surface area contributed by atoms with Crippen LogP contribution in [0.1, 0.15) is 25.0 Å². The third kappa shape index (κ3) is 6.02. The van der Waals surface area contributed by atoms with Crippen LogP contribution in [0.15, 0.2) is 231 Å². The zero-order valence-electron chi connectivity index (χ0n) is 35.3. The minimum atomic E-state index is -0.121. The number of rotatable bonds is 7.